The first kappa shape index (κ1) is 11.1. The van der Waals surface area contributed by atoms with Crippen LogP contribution in [0.4, 0.5) is 24.7 Å². The Kier molecular flexibility index (Phi) is 2.12. The van der Waals surface area contributed by atoms with Gasteiger partial charge < -0.3 is 11.1 Å². The fourth-order valence-corrected chi connectivity index (χ4v) is 1.65. The summed E-state index contributed by atoms with van der Waals surface area (Å²) in [5.74, 6) is 0.243. The molecule has 0 aliphatic heterocycles. The smallest absolute Gasteiger partial charge is 0.394 e. The van der Waals surface area contributed by atoms with E-state index in [0.29, 0.717) is 5.69 Å². The number of anilines is 2. The number of hydrogen-bond donors (Lipinski definition) is 2. The Balaban J connectivity index is 2.28. The van der Waals surface area contributed by atoms with Crippen molar-refractivity contribution in [3.05, 3.63) is 5.69 Å². The van der Waals surface area contributed by atoms with Crippen LogP contribution in [0.1, 0.15) is 18.5 Å². The number of alkyl halides is 3. The largest absolute Gasteiger partial charge is 0.411 e. The van der Waals surface area contributed by atoms with Crippen LogP contribution in [0, 0.1) is 6.92 Å². The van der Waals surface area contributed by atoms with Gasteiger partial charge in [0.25, 0.3) is 0 Å². The van der Waals surface area contributed by atoms with E-state index in [1.165, 1.54) is 4.68 Å². The highest BCUT2D eigenvalue weighted by atomic mass is 19.4. The molecule has 0 atom stereocenters. The lowest BCUT2D eigenvalue weighted by molar-refractivity contribution is -0.151. The van der Waals surface area contributed by atoms with Crippen molar-refractivity contribution in [1.29, 1.82) is 0 Å². The number of nitrogens with one attached hydrogen (secondary N) is 1. The van der Waals surface area contributed by atoms with Crippen LogP contribution in [-0.4, -0.2) is 21.5 Å². The molecule has 7 heteroatoms. The summed E-state index contributed by atoms with van der Waals surface area (Å²) in [5.41, 5.74) is 4.67. The molecule has 16 heavy (non-hydrogen) atoms. The maximum absolute atomic E-state index is 12.7. The van der Waals surface area contributed by atoms with E-state index in [-0.39, 0.29) is 24.3 Å². The predicted molar refractivity (Wildman–Crippen MR) is 54.0 cm³/mol. The predicted octanol–water partition coefficient (Wildman–Crippen LogP) is 1.82. The average Bonchev–Trinajstić information content (AvgIpc) is 2.87. The van der Waals surface area contributed by atoms with E-state index in [1.54, 1.807) is 14.0 Å². The van der Waals surface area contributed by atoms with Gasteiger partial charge in [0.2, 0.25) is 0 Å². The first-order valence-electron chi connectivity index (χ1n) is 4.91. The molecule has 0 spiro atoms. The minimum absolute atomic E-state index is 0.0835. The van der Waals surface area contributed by atoms with Gasteiger partial charge in [0, 0.05) is 7.05 Å². The van der Waals surface area contributed by atoms with E-state index in [2.05, 4.69) is 10.4 Å². The van der Waals surface area contributed by atoms with Crippen LogP contribution in [0.5, 0.6) is 0 Å². The van der Waals surface area contributed by atoms with Crippen molar-refractivity contribution >= 4 is 11.5 Å². The summed E-state index contributed by atoms with van der Waals surface area (Å²) >= 11 is 0. The van der Waals surface area contributed by atoms with Crippen molar-refractivity contribution in [2.45, 2.75) is 31.5 Å². The van der Waals surface area contributed by atoms with Crippen molar-refractivity contribution in [3.63, 3.8) is 0 Å². The summed E-state index contributed by atoms with van der Waals surface area (Å²) in [7, 11) is 1.57. The molecule has 0 unspecified atom stereocenters. The maximum atomic E-state index is 12.7. The lowest BCUT2D eigenvalue weighted by Crippen LogP contribution is -2.39. The lowest BCUT2D eigenvalue weighted by atomic mass is 10.2. The van der Waals surface area contributed by atoms with Gasteiger partial charge in [-0.3, -0.25) is 4.68 Å². The minimum atomic E-state index is -4.25. The molecule has 2 rings (SSSR count). The van der Waals surface area contributed by atoms with E-state index in [4.69, 9.17) is 5.73 Å². The zero-order chi connectivity index (χ0) is 12.1. The molecule has 1 aromatic rings. The molecule has 90 valence electrons. The Morgan fingerprint density at radius 1 is 1.44 bits per heavy atom. The monoisotopic (exact) mass is 234 g/mol. The van der Waals surface area contributed by atoms with Gasteiger partial charge >= 0.3 is 6.18 Å². The van der Waals surface area contributed by atoms with E-state index in [1.807, 2.05) is 0 Å². The first-order chi connectivity index (χ1) is 7.27. The third-order valence-corrected chi connectivity index (χ3v) is 2.92. The van der Waals surface area contributed by atoms with E-state index in [9.17, 15) is 13.2 Å². The van der Waals surface area contributed by atoms with Gasteiger partial charge in [-0.1, -0.05) is 0 Å². The van der Waals surface area contributed by atoms with Crippen LogP contribution in [0.2, 0.25) is 0 Å². The summed E-state index contributed by atoms with van der Waals surface area (Å²) in [4.78, 5) is 0. The number of rotatable bonds is 2. The summed E-state index contributed by atoms with van der Waals surface area (Å²) in [6.07, 6.45) is -4.09. The summed E-state index contributed by atoms with van der Waals surface area (Å²) < 4.78 is 39.5. The molecule has 0 aromatic carbocycles. The van der Waals surface area contributed by atoms with Crippen molar-refractivity contribution in [3.8, 4) is 0 Å². The van der Waals surface area contributed by atoms with Crippen LogP contribution >= 0.6 is 0 Å². The highest BCUT2D eigenvalue weighted by Crippen LogP contribution is 2.51. The van der Waals surface area contributed by atoms with Crippen LogP contribution in [-0.2, 0) is 7.05 Å². The molecule has 1 aliphatic rings. The number of nitrogen functional groups attached to an aromatic ring is 1. The second-order valence-corrected chi connectivity index (χ2v) is 4.18. The quantitative estimate of drug-likeness (QED) is 0.820. The Bertz CT molecular complexity index is 417. The number of nitrogens with zero attached hydrogens (tertiary/aromatic N) is 2. The number of hydrogen-bond acceptors (Lipinski definition) is 3. The Hall–Kier alpha value is -1.40. The molecule has 1 fully saturated rings. The molecule has 4 nitrogen and oxygen atoms in total. The molecule has 3 N–H and O–H groups in total. The fraction of sp³-hybridized carbons (Fsp3) is 0.667. The second-order valence-electron chi connectivity index (χ2n) is 4.18. The topological polar surface area (TPSA) is 55.9 Å². The first-order valence-corrected chi connectivity index (χ1v) is 4.91. The summed E-state index contributed by atoms with van der Waals surface area (Å²) in [6, 6.07) is 0. The molecule has 1 aliphatic carbocycles. The fourth-order valence-electron chi connectivity index (χ4n) is 1.65. The van der Waals surface area contributed by atoms with Gasteiger partial charge in [-0.25, -0.2) is 0 Å². The molecule has 1 saturated carbocycles. The van der Waals surface area contributed by atoms with Gasteiger partial charge in [-0.2, -0.15) is 18.3 Å². The molecule has 0 bridgehead atoms. The standard InChI is InChI=1S/C9H13F3N4/c1-5-6(13)7(16(2)15-5)14-8(3-4-8)9(10,11)12/h14H,3-4,13H2,1-2H3. The SMILES string of the molecule is Cc1nn(C)c(NC2(C(F)(F)F)CC2)c1N. The zero-order valence-corrected chi connectivity index (χ0v) is 9.02. The summed E-state index contributed by atoms with van der Waals surface area (Å²) in [5, 5.41) is 6.44. The van der Waals surface area contributed by atoms with Crippen LogP contribution in [0.25, 0.3) is 0 Å². The van der Waals surface area contributed by atoms with Gasteiger partial charge in [0.05, 0.1) is 11.4 Å². The molecule has 0 radical (unpaired) electrons. The van der Waals surface area contributed by atoms with Gasteiger partial charge in [-0.05, 0) is 19.8 Å². The number of aryl methyl sites for hydroxylation is 2. The van der Waals surface area contributed by atoms with Crippen LogP contribution in [0.3, 0.4) is 0 Å². The van der Waals surface area contributed by atoms with Crippen LogP contribution in [0.15, 0.2) is 0 Å². The highest BCUT2D eigenvalue weighted by molar-refractivity contribution is 5.66. The lowest BCUT2D eigenvalue weighted by Gasteiger charge is -2.22. The number of halogens is 3. The van der Waals surface area contributed by atoms with Gasteiger partial charge in [-0.15, -0.1) is 0 Å². The second kappa shape index (κ2) is 3.05. The van der Waals surface area contributed by atoms with Crippen molar-refractivity contribution in [2.24, 2.45) is 7.05 Å². The zero-order valence-electron chi connectivity index (χ0n) is 9.02. The molecule has 1 heterocycles. The molecular weight excluding hydrogens is 221 g/mol. The highest BCUT2D eigenvalue weighted by Gasteiger charge is 2.64. The number of aromatic nitrogens is 2. The average molecular weight is 234 g/mol. The Morgan fingerprint density at radius 3 is 2.31 bits per heavy atom. The Labute approximate surface area is 90.6 Å². The molecule has 0 saturated heterocycles. The molecular formula is C9H13F3N4. The van der Waals surface area contributed by atoms with E-state index in [0.717, 1.165) is 0 Å². The summed E-state index contributed by atoms with van der Waals surface area (Å²) in [6.45, 7) is 1.66. The van der Waals surface area contributed by atoms with Crippen molar-refractivity contribution in [2.75, 3.05) is 11.1 Å². The van der Waals surface area contributed by atoms with E-state index < -0.39 is 11.7 Å². The van der Waals surface area contributed by atoms with Gasteiger partial charge in [0.15, 0.2) is 0 Å². The number of nitrogens with two attached hydrogens (primary N) is 1. The molecule has 1 aromatic heterocycles. The normalized spacial score (nSPS) is 18.6. The minimum Gasteiger partial charge on any atom is -0.394 e. The van der Waals surface area contributed by atoms with Crippen molar-refractivity contribution < 1.29 is 13.2 Å². The Morgan fingerprint density at radius 2 is 2.00 bits per heavy atom. The van der Waals surface area contributed by atoms with E-state index >= 15 is 0 Å². The maximum Gasteiger partial charge on any atom is 0.411 e. The third-order valence-electron chi connectivity index (χ3n) is 2.92. The van der Waals surface area contributed by atoms with Crippen molar-refractivity contribution in [1.82, 2.24) is 9.78 Å². The third kappa shape index (κ3) is 1.50. The van der Waals surface area contributed by atoms with Gasteiger partial charge in [0.1, 0.15) is 11.4 Å². The van der Waals surface area contributed by atoms with Crippen LogP contribution < -0.4 is 11.1 Å². The molecule has 0 amide bonds.